The zero-order valence-corrected chi connectivity index (χ0v) is 51.1. The van der Waals surface area contributed by atoms with E-state index < -0.39 is 12.1 Å². The molecule has 1 atom stereocenters. The summed E-state index contributed by atoms with van der Waals surface area (Å²) in [6, 6.07) is 0. The molecule has 0 N–H and O–H groups in total. The van der Waals surface area contributed by atoms with Crippen LogP contribution in [0, 0.1) is 0 Å². The first-order valence-corrected chi connectivity index (χ1v) is 32.3. The van der Waals surface area contributed by atoms with Crippen LogP contribution in [0.4, 0.5) is 0 Å². The van der Waals surface area contributed by atoms with Crippen LogP contribution in [-0.4, -0.2) is 37.2 Å². The van der Waals surface area contributed by atoms with Crippen LogP contribution in [0.1, 0.15) is 278 Å². The molecule has 6 nitrogen and oxygen atoms in total. The van der Waals surface area contributed by atoms with E-state index in [-0.39, 0.29) is 31.6 Å². The number of ether oxygens (including phenoxy) is 3. The van der Waals surface area contributed by atoms with Crippen LogP contribution in [0.2, 0.25) is 0 Å². The van der Waals surface area contributed by atoms with Crippen molar-refractivity contribution in [2.24, 2.45) is 0 Å². The normalized spacial score (nSPS) is 13.1. The van der Waals surface area contributed by atoms with E-state index in [4.69, 9.17) is 14.2 Å². The average molecular weight is 1090 g/mol. The number of carbonyl (C=O) groups is 3. The van der Waals surface area contributed by atoms with Gasteiger partial charge in [0.25, 0.3) is 0 Å². The lowest BCUT2D eigenvalue weighted by molar-refractivity contribution is -0.166. The van der Waals surface area contributed by atoms with Crippen molar-refractivity contribution >= 4 is 17.9 Å². The van der Waals surface area contributed by atoms with Gasteiger partial charge in [-0.3, -0.25) is 14.4 Å². The number of allylic oxidation sites excluding steroid dienone is 23. The maximum atomic E-state index is 12.9. The maximum Gasteiger partial charge on any atom is 0.309 e. The fourth-order valence-corrected chi connectivity index (χ4v) is 8.57. The van der Waals surface area contributed by atoms with Gasteiger partial charge in [0.15, 0.2) is 6.10 Å². The minimum atomic E-state index is -0.832. The molecule has 0 heterocycles. The molecule has 0 saturated carbocycles. The molecule has 0 saturated heterocycles. The third kappa shape index (κ3) is 64.0. The van der Waals surface area contributed by atoms with Crippen molar-refractivity contribution in [2.75, 3.05) is 13.2 Å². The van der Waals surface area contributed by atoms with E-state index in [1.165, 1.54) is 122 Å². The van der Waals surface area contributed by atoms with Gasteiger partial charge in [0.1, 0.15) is 13.2 Å². The Morgan fingerprint density at radius 1 is 0.278 bits per heavy atom. The van der Waals surface area contributed by atoms with Crippen molar-refractivity contribution in [3.63, 3.8) is 0 Å². The largest absolute Gasteiger partial charge is 0.462 e. The molecule has 0 aliphatic rings. The minimum absolute atomic E-state index is 0.118. The second kappa shape index (κ2) is 65.8. The van der Waals surface area contributed by atoms with Gasteiger partial charge in [-0.15, -0.1) is 0 Å². The van der Waals surface area contributed by atoms with Gasteiger partial charge >= 0.3 is 17.9 Å². The van der Waals surface area contributed by atoms with Crippen LogP contribution in [0.15, 0.2) is 146 Å². The van der Waals surface area contributed by atoms with Gasteiger partial charge in [-0.2, -0.15) is 0 Å². The van der Waals surface area contributed by atoms with E-state index >= 15 is 0 Å². The summed E-state index contributed by atoms with van der Waals surface area (Å²) in [5.41, 5.74) is 0. The Bertz CT molecular complexity index is 1730. The highest BCUT2D eigenvalue weighted by molar-refractivity contribution is 5.72. The molecule has 0 rings (SSSR count). The number of hydrogen-bond donors (Lipinski definition) is 0. The monoisotopic (exact) mass is 1090 g/mol. The van der Waals surface area contributed by atoms with Gasteiger partial charge < -0.3 is 14.2 Å². The Balaban J connectivity index is 4.47. The van der Waals surface area contributed by atoms with Crippen molar-refractivity contribution in [2.45, 2.75) is 284 Å². The maximum absolute atomic E-state index is 12.9. The zero-order chi connectivity index (χ0) is 57.1. The van der Waals surface area contributed by atoms with E-state index in [9.17, 15) is 14.4 Å². The fraction of sp³-hybridized carbons (Fsp3) is 0.630. The Morgan fingerprint density at radius 2 is 0.544 bits per heavy atom. The van der Waals surface area contributed by atoms with Crippen molar-refractivity contribution in [3.8, 4) is 0 Å². The lowest BCUT2D eigenvalue weighted by Gasteiger charge is -2.18. The van der Waals surface area contributed by atoms with Crippen LogP contribution in [0.5, 0.6) is 0 Å². The van der Waals surface area contributed by atoms with Gasteiger partial charge in [0.2, 0.25) is 0 Å². The summed E-state index contributed by atoms with van der Waals surface area (Å²) < 4.78 is 16.8. The van der Waals surface area contributed by atoms with Crippen LogP contribution in [0.25, 0.3) is 0 Å². The van der Waals surface area contributed by atoms with E-state index in [2.05, 4.69) is 154 Å². The molecular weight excluding hydrogens is 973 g/mol. The third-order valence-corrected chi connectivity index (χ3v) is 13.3. The summed E-state index contributed by atoms with van der Waals surface area (Å²) in [6.07, 6.45) is 94.5. The third-order valence-electron chi connectivity index (χ3n) is 13.3. The Labute approximate surface area is 487 Å². The first kappa shape index (κ1) is 74.3. The lowest BCUT2D eigenvalue weighted by Crippen LogP contribution is -2.30. The summed E-state index contributed by atoms with van der Waals surface area (Å²) in [5, 5.41) is 0. The number of carbonyl (C=O) groups excluding carboxylic acids is 3. The lowest BCUT2D eigenvalue weighted by atomic mass is 10.1. The molecule has 0 aromatic rings. The topological polar surface area (TPSA) is 78.9 Å². The smallest absolute Gasteiger partial charge is 0.309 e. The van der Waals surface area contributed by atoms with Crippen LogP contribution < -0.4 is 0 Å². The molecule has 446 valence electrons. The summed E-state index contributed by atoms with van der Waals surface area (Å²) in [7, 11) is 0. The van der Waals surface area contributed by atoms with Crippen molar-refractivity contribution in [1.29, 1.82) is 0 Å². The van der Waals surface area contributed by atoms with Crippen LogP contribution in [0.3, 0.4) is 0 Å². The first-order valence-electron chi connectivity index (χ1n) is 32.3. The molecule has 0 aromatic heterocycles. The number of unbranched alkanes of at least 4 members (excludes halogenated alkanes) is 23. The summed E-state index contributed by atoms with van der Waals surface area (Å²) >= 11 is 0. The molecular formula is C73H118O6. The molecule has 0 radical (unpaired) electrons. The molecule has 79 heavy (non-hydrogen) atoms. The van der Waals surface area contributed by atoms with Gasteiger partial charge in [-0.25, -0.2) is 0 Å². The standard InChI is InChI=1S/C73H118O6/c1-4-7-10-13-16-19-22-25-28-30-32-34-36-38-40-42-45-48-51-54-57-60-63-66-72(75)78-69-70(68-77-71(74)65-62-59-56-53-50-47-44-27-24-21-18-15-12-9-6-3)79-73(76)67-64-61-58-55-52-49-46-43-41-39-37-35-33-31-29-26-23-20-17-14-11-8-5-2/h7,9-10,12,16,18-19,21,23,25-28,31-34,37,39,44,50,53,59,62,70H,4-6,8,11,13-15,17,20,22,24,29-30,35-36,38,40-43,45-49,51-52,54-58,60-61,63-69H2,1-3H3/b10-7-,12-9-,19-16-,21-18-,26-23-,28-25-,33-31-,34-32-,39-37-,44-27-,53-50-,62-59-. The second-order valence-corrected chi connectivity index (χ2v) is 20.9. The van der Waals surface area contributed by atoms with E-state index in [1.807, 2.05) is 6.08 Å². The van der Waals surface area contributed by atoms with E-state index in [0.29, 0.717) is 12.8 Å². The van der Waals surface area contributed by atoms with Crippen molar-refractivity contribution in [3.05, 3.63) is 146 Å². The molecule has 0 fully saturated rings. The summed E-state index contributed by atoms with van der Waals surface area (Å²) in [6.45, 7) is 6.31. The van der Waals surface area contributed by atoms with Crippen LogP contribution in [-0.2, 0) is 28.6 Å². The Morgan fingerprint density at radius 3 is 0.886 bits per heavy atom. The van der Waals surface area contributed by atoms with Crippen molar-refractivity contribution < 1.29 is 28.6 Å². The SMILES string of the molecule is CC/C=C\C/C=C\C/C=C\C/C=C\C/C=C\CC(=O)OCC(COC(=O)CCCCCCCCCCCC/C=C\C/C=C\C/C=C\C/C=C\CC)OC(=O)CCCCCCCCCC/C=C\C/C=C\C/C=C\CCCCCCC. The van der Waals surface area contributed by atoms with E-state index in [1.54, 1.807) is 6.08 Å². The van der Waals surface area contributed by atoms with Gasteiger partial charge in [-0.1, -0.05) is 282 Å². The average Bonchev–Trinajstić information content (AvgIpc) is 3.45. The molecule has 0 aromatic carbocycles. The molecule has 0 amide bonds. The number of hydrogen-bond acceptors (Lipinski definition) is 6. The predicted octanol–water partition coefficient (Wildman–Crippen LogP) is 22.3. The highest BCUT2D eigenvalue weighted by Crippen LogP contribution is 2.15. The highest BCUT2D eigenvalue weighted by atomic mass is 16.6. The Hall–Kier alpha value is -4.71. The zero-order valence-electron chi connectivity index (χ0n) is 51.1. The molecule has 0 aliphatic carbocycles. The predicted molar refractivity (Wildman–Crippen MR) is 343 cm³/mol. The summed E-state index contributed by atoms with van der Waals surface area (Å²) in [4.78, 5) is 38.3. The molecule has 0 aliphatic heterocycles. The highest BCUT2D eigenvalue weighted by Gasteiger charge is 2.19. The van der Waals surface area contributed by atoms with Gasteiger partial charge in [0.05, 0.1) is 6.42 Å². The molecule has 6 heteroatoms. The summed E-state index contributed by atoms with van der Waals surface area (Å²) in [5.74, 6) is -1.06. The first-order chi connectivity index (χ1) is 39.0. The molecule has 1 unspecified atom stereocenters. The van der Waals surface area contributed by atoms with Crippen molar-refractivity contribution in [1.82, 2.24) is 0 Å². The minimum Gasteiger partial charge on any atom is -0.462 e. The molecule has 0 spiro atoms. The Kier molecular flexibility index (Phi) is 61.9. The van der Waals surface area contributed by atoms with Crippen LogP contribution >= 0.6 is 0 Å². The second-order valence-electron chi connectivity index (χ2n) is 20.9. The molecule has 0 bridgehead atoms. The fourth-order valence-electron chi connectivity index (χ4n) is 8.57. The number of rotatable bonds is 57. The quantitative estimate of drug-likeness (QED) is 0.0261. The van der Waals surface area contributed by atoms with Gasteiger partial charge in [-0.05, 0) is 122 Å². The van der Waals surface area contributed by atoms with Gasteiger partial charge in [0, 0.05) is 12.8 Å². The van der Waals surface area contributed by atoms with E-state index in [0.717, 1.165) is 116 Å². The number of esters is 3.